The third-order valence-corrected chi connectivity index (χ3v) is 6.39. The number of benzene rings is 1. The van der Waals surface area contributed by atoms with Crippen LogP contribution >= 0.6 is 11.8 Å². The quantitative estimate of drug-likeness (QED) is 0.758. The second kappa shape index (κ2) is 8.56. The summed E-state index contributed by atoms with van der Waals surface area (Å²) in [6.07, 6.45) is 2.31. The monoisotopic (exact) mass is 361 g/mol. The summed E-state index contributed by atoms with van der Waals surface area (Å²) in [6.45, 7) is 11.6. The van der Waals surface area contributed by atoms with Gasteiger partial charge < -0.3 is 5.32 Å². The van der Waals surface area contributed by atoms with Gasteiger partial charge in [0.1, 0.15) is 0 Å². The lowest BCUT2D eigenvalue weighted by Crippen LogP contribution is -2.54. The van der Waals surface area contributed by atoms with Gasteiger partial charge in [-0.3, -0.25) is 14.6 Å². The molecule has 0 unspecified atom stereocenters. The molecule has 0 aromatic heterocycles. The van der Waals surface area contributed by atoms with E-state index in [1.54, 1.807) is 0 Å². The van der Waals surface area contributed by atoms with Crippen LogP contribution < -0.4 is 5.32 Å². The zero-order valence-corrected chi connectivity index (χ0v) is 16.6. The van der Waals surface area contributed by atoms with Crippen LogP contribution in [0.25, 0.3) is 0 Å². The third kappa shape index (κ3) is 5.47. The molecule has 1 aliphatic heterocycles. The topological polar surface area (TPSA) is 35.6 Å². The molecule has 2 aliphatic rings. The number of amides is 1. The number of piperazine rings is 1. The maximum Gasteiger partial charge on any atom is 0.237 e. The zero-order valence-electron chi connectivity index (χ0n) is 15.8. The van der Waals surface area contributed by atoms with Crippen LogP contribution in [-0.4, -0.2) is 66.3 Å². The van der Waals surface area contributed by atoms with Gasteiger partial charge in [-0.05, 0) is 56.9 Å². The average Bonchev–Trinajstić information content (AvgIpc) is 3.42. The number of nitrogens with zero attached hydrogens (tertiary/aromatic N) is 2. The molecule has 1 saturated heterocycles. The molecule has 0 spiro atoms. The molecule has 1 atom stereocenters. The standard InChI is InChI=1S/C20H31N3OS/c1-15-4-7-19(14-16(15)2)25-13-12-22-8-10-23(11-9-22)17(3)20(24)21-18-5-6-18/h4,7,14,17-18H,5-6,8-13H2,1-3H3,(H,21,24)/t17-/m1/s1. The van der Waals surface area contributed by atoms with Crippen molar-refractivity contribution >= 4 is 17.7 Å². The first-order valence-corrected chi connectivity index (χ1v) is 10.5. The Labute approximate surface area is 156 Å². The van der Waals surface area contributed by atoms with Gasteiger partial charge in [-0.15, -0.1) is 11.8 Å². The zero-order chi connectivity index (χ0) is 17.8. The first-order chi connectivity index (χ1) is 12.0. The Balaban J connectivity index is 1.35. The summed E-state index contributed by atoms with van der Waals surface area (Å²) < 4.78 is 0. The van der Waals surface area contributed by atoms with Gasteiger partial charge in [-0.1, -0.05) is 6.07 Å². The van der Waals surface area contributed by atoms with Gasteiger partial charge in [-0.25, -0.2) is 0 Å². The molecule has 1 amide bonds. The fraction of sp³-hybridized carbons (Fsp3) is 0.650. The number of hydrogen-bond donors (Lipinski definition) is 1. The van der Waals surface area contributed by atoms with E-state index in [4.69, 9.17) is 0 Å². The van der Waals surface area contributed by atoms with Crippen molar-refractivity contribution in [2.75, 3.05) is 38.5 Å². The lowest BCUT2D eigenvalue weighted by Gasteiger charge is -2.37. The fourth-order valence-electron chi connectivity index (χ4n) is 3.19. The maximum atomic E-state index is 12.2. The number of aryl methyl sites for hydroxylation is 2. The molecule has 3 rings (SSSR count). The lowest BCUT2D eigenvalue weighted by atomic mass is 10.1. The van der Waals surface area contributed by atoms with Crippen molar-refractivity contribution in [1.29, 1.82) is 0 Å². The molecule has 1 heterocycles. The highest BCUT2D eigenvalue weighted by Gasteiger charge is 2.29. The van der Waals surface area contributed by atoms with Gasteiger partial charge in [-0.2, -0.15) is 0 Å². The van der Waals surface area contributed by atoms with Crippen LogP contribution in [-0.2, 0) is 4.79 Å². The van der Waals surface area contributed by atoms with Crippen molar-refractivity contribution in [3.8, 4) is 0 Å². The Morgan fingerprint density at radius 1 is 1.20 bits per heavy atom. The van der Waals surface area contributed by atoms with Crippen LogP contribution in [0.2, 0.25) is 0 Å². The molecular weight excluding hydrogens is 330 g/mol. The van der Waals surface area contributed by atoms with E-state index in [-0.39, 0.29) is 11.9 Å². The van der Waals surface area contributed by atoms with E-state index in [9.17, 15) is 4.79 Å². The Morgan fingerprint density at radius 2 is 1.92 bits per heavy atom. The molecule has 5 heteroatoms. The second-order valence-corrected chi connectivity index (χ2v) is 8.60. The number of nitrogens with one attached hydrogen (secondary N) is 1. The van der Waals surface area contributed by atoms with Crippen molar-refractivity contribution in [3.05, 3.63) is 29.3 Å². The summed E-state index contributed by atoms with van der Waals surface area (Å²) >= 11 is 1.94. The van der Waals surface area contributed by atoms with E-state index < -0.39 is 0 Å². The smallest absolute Gasteiger partial charge is 0.237 e. The SMILES string of the molecule is Cc1ccc(SCCN2CCN([C@H](C)C(=O)NC3CC3)CC2)cc1C. The second-order valence-electron chi connectivity index (χ2n) is 7.43. The lowest BCUT2D eigenvalue weighted by molar-refractivity contribution is -0.126. The molecule has 0 radical (unpaired) electrons. The molecule has 2 fully saturated rings. The fourth-order valence-corrected chi connectivity index (χ4v) is 4.20. The Bertz CT molecular complexity index is 595. The molecule has 1 aromatic rings. The van der Waals surface area contributed by atoms with E-state index in [2.05, 4.69) is 47.2 Å². The van der Waals surface area contributed by atoms with E-state index in [1.807, 2.05) is 18.7 Å². The van der Waals surface area contributed by atoms with Gasteiger partial charge in [0.2, 0.25) is 5.91 Å². The molecule has 138 valence electrons. The highest BCUT2D eigenvalue weighted by atomic mass is 32.2. The van der Waals surface area contributed by atoms with Gasteiger partial charge in [0.15, 0.2) is 0 Å². The Kier molecular flexibility index (Phi) is 6.42. The largest absolute Gasteiger partial charge is 0.352 e. The Morgan fingerprint density at radius 3 is 2.56 bits per heavy atom. The summed E-state index contributed by atoms with van der Waals surface area (Å²) in [5.74, 6) is 1.33. The van der Waals surface area contributed by atoms with Crippen molar-refractivity contribution in [3.63, 3.8) is 0 Å². The predicted molar refractivity (Wildman–Crippen MR) is 105 cm³/mol. The highest BCUT2D eigenvalue weighted by Crippen LogP contribution is 2.22. The van der Waals surface area contributed by atoms with Gasteiger partial charge in [0.25, 0.3) is 0 Å². The normalized spacial score (nSPS) is 20.4. The predicted octanol–water partition coefficient (Wildman–Crippen LogP) is 2.68. The van der Waals surface area contributed by atoms with Crippen molar-refractivity contribution in [1.82, 2.24) is 15.1 Å². The number of hydrogen-bond acceptors (Lipinski definition) is 4. The first kappa shape index (κ1) is 18.7. The number of rotatable bonds is 7. The molecule has 1 aromatic carbocycles. The molecule has 0 bridgehead atoms. The average molecular weight is 362 g/mol. The van der Waals surface area contributed by atoms with E-state index in [1.165, 1.54) is 16.0 Å². The van der Waals surface area contributed by atoms with E-state index >= 15 is 0 Å². The van der Waals surface area contributed by atoms with E-state index in [0.29, 0.717) is 6.04 Å². The maximum absolute atomic E-state index is 12.2. The van der Waals surface area contributed by atoms with Crippen LogP contribution in [0.15, 0.2) is 23.1 Å². The van der Waals surface area contributed by atoms with Crippen LogP contribution in [0.5, 0.6) is 0 Å². The summed E-state index contributed by atoms with van der Waals surface area (Å²) in [4.78, 5) is 18.4. The van der Waals surface area contributed by atoms with Crippen LogP contribution in [0, 0.1) is 13.8 Å². The summed E-state index contributed by atoms with van der Waals surface area (Å²) in [5.41, 5.74) is 2.73. The molecular formula is C20H31N3OS. The summed E-state index contributed by atoms with van der Waals surface area (Å²) in [6, 6.07) is 7.19. The molecule has 1 saturated carbocycles. The van der Waals surface area contributed by atoms with Crippen molar-refractivity contribution < 1.29 is 4.79 Å². The molecule has 4 nitrogen and oxygen atoms in total. The first-order valence-electron chi connectivity index (χ1n) is 9.50. The Hall–Kier alpha value is -1.04. The van der Waals surface area contributed by atoms with Crippen LogP contribution in [0.1, 0.15) is 30.9 Å². The number of carbonyl (C=O) groups is 1. The van der Waals surface area contributed by atoms with Crippen molar-refractivity contribution in [2.24, 2.45) is 0 Å². The third-order valence-electron chi connectivity index (χ3n) is 5.41. The van der Waals surface area contributed by atoms with Gasteiger partial charge in [0.05, 0.1) is 6.04 Å². The van der Waals surface area contributed by atoms with Gasteiger partial charge in [0, 0.05) is 49.4 Å². The molecule has 25 heavy (non-hydrogen) atoms. The minimum atomic E-state index is 0.00709. The molecule has 1 aliphatic carbocycles. The minimum Gasteiger partial charge on any atom is -0.352 e. The molecule has 1 N–H and O–H groups in total. The van der Waals surface area contributed by atoms with E-state index in [0.717, 1.165) is 51.3 Å². The van der Waals surface area contributed by atoms with Crippen LogP contribution in [0.3, 0.4) is 0 Å². The number of thioether (sulfide) groups is 1. The number of carbonyl (C=O) groups excluding carboxylic acids is 1. The summed E-state index contributed by atoms with van der Waals surface area (Å²) in [7, 11) is 0. The van der Waals surface area contributed by atoms with Crippen molar-refractivity contribution in [2.45, 2.75) is 50.6 Å². The highest BCUT2D eigenvalue weighted by molar-refractivity contribution is 7.99. The van der Waals surface area contributed by atoms with Crippen LogP contribution in [0.4, 0.5) is 0 Å². The minimum absolute atomic E-state index is 0.00709. The van der Waals surface area contributed by atoms with Gasteiger partial charge >= 0.3 is 0 Å². The summed E-state index contributed by atoms with van der Waals surface area (Å²) in [5, 5.41) is 3.13.